The second-order valence-corrected chi connectivity index (χ2v) is 5.51. The van der Waals surface area contributed by atoms with E-state index in [4.69, 9.17) is 5.73 Å². The summed E-state index contributed by atoms with van der Waals surface area (Å²) in [4.78, 5) is 5.78. The van der Waals surface area contributed by atoms with Gasteiger partial charge in [-0.15, -0.1) is 11.3 Å². The standard InChI is InChI=1S/C14H21N3S/c1-3-6-13-16-8-9-17(13)14(11(15)4-2)12-7-5-10-18-12/h5,7-11,14H,3-4,6,15H2,1-2H3. The Morgan fingerprint density at radius 3 is 2.89 bits per heavy atom. The van der Waals surface area contributed by atoms with Crippen LogP contribution in [-0.2, 0) is 6.42 Å². The molecule has 3 nitrogen and oxygen atoms in total. The number of rotatable bonds is 6. The monoisotopic (exact) mass is 263 g/mol. The SMILES string of the molecule is CCCc1nccn1C(c1cccs1)C(N)CC. The average Bonchev–Trinajstić information content (AvgIpc) is 3.03. The first-order valence-corrected chi connectivity index (χ1v) is 7.46. The molecule has 2 N–H and O–H groups in total. The number of nitrogens with two attached hydrogens (primary N) is 1. The van der Waals surface area contributed by atoms with Gasteiger partial charge in [-0.05, 0) is 24.3 Å². The minimum atomic E-state index is 0.133. The molecule has 0 bridgehead atoms. The van der Waals surface area contributed by atoms with Crippen LogP contribution in [0.3, 0.4) is 0 Å². The first kappa shape index (κ1) is 13.3. The van der Waals surface area contributed by atoms with E-state index in [0.29, 0.717) is 0 Å². The lowest BCUT2D eigenvalue weighted by molar-refractivity contribution is 0.451. The molecule has 18 heavy (non-hydrogen) atoms. The molecule has 0 fully saturated rings. The molecule has 2 heterocycles. The van der Waals surface area contributed by atoms with Crippen LogP contribution in [0.5, 0.6) is 0 Å². The van der Waals surface area contributed by atoms with E-state index in [1.165, 1.54) is 4.88 Å². The van der Waals surface area contributed by atoms with Crippen molar-refractivity contribution in [1.82, 2.24) is 9.55 Å². The van der Waals surface area contributed by atoms with Crippen LogP contribution in [-0.4, -0.2) is 15.6 Å². The van der Waals surface area contributed by atoms with Crippen LogP contribution in [0.4, 0.5) is 0 Å². The molecule has 0 aliphatic rings. The smallest absolute Gasteiger partial charge is 0.109 e. The van der Waals surface area contributed by atoms with E-state index < -0.39 is 0 Å². The lowest BCUT2D eigenvalue weighted by Gasteiger charge is -2.25. The van der Waals surface area contributed by atoms with E-state index in [0.717, 1.165) is 25.1 Å². The summed E-state index contributed by atoms with van der Waals surface area (Å²) in [6.07, 6.45) is 7.02. The van der Waals surface area contributed by atoms with Crippen LogP contribution in [0.25, 0.3) is 0 Å². The van der Waals surface area contributed by atoms with Crippen LogP contribution in [0.2, 0.25) is 0 Å². The van der Waals surface area contributed by atoms with Crippen molar-refractivity contribution in [2.45, 2.75) is 45.2 Å². The molecule has 0 amide bonds. The fraction of sp³-hybridized carbons (Fsp3) is 0.500. The summed E-state index contributed by atoms with van der Waals surface area (Å²) in [6, 6.07) is 4.61. The zero-order valence-corrected chi connectivity index (χ0v) is 11.9. The maximum absolute atomic E-state index is 6.32. The Kier molecular flexibility index (Phi) is 4.55. The van der Waals surface area contributed by atoms with Crippen molar-refractivity contribution >= 4 is 11.3 Å². The topological polar surface area (TPSA) is 43.8 Å². The van der Waals surface area contributed by atoms with Gasteiger partial charge in [0.25, 0.3) is 0 Å². The Morgan fingerprint density at radius 1 is 1.44 bits per heavy atom. The third kappa shape index (κ3) is 2.65. The fourth-order valence-electron chi connectivity index (χ4n) is 2.25. The number of hydrogen-bond acceptors (Lipinski definition) is 3. The quantitative estimate of drug-likeness (QED) is 0.869. The Hall–Kier alpha value is -1.13. The summed E-state index contributed by atoms with van der Waals surface area (Å²) in [5.41, 5.74) is 6.32. The summed E-state index contributed by atoms with van der Waals surface area (Å²) < 4.78 is 2.25. The molecule has 0 aliphatic carbocycles. The van der Waals surface area contributed by atoms with Crippen molar-refractivity contribution in [2.75, 3.05) is 0 Å². The summed E-state index contributed by atoms with van der Waals surface area (Å²) in [7, 11) is 0. The highest BCUT2D eigenvalue weighted by Gasteiger charge is 2.23. The molecular weight excluding hydrogens is 242 g/mol. The molecule has 98 valence electrons. The van der Waals surface area contributed by atoms with Gasteiger partial charge in [-0.1, -0.05) is 19.9 Å². The van der Waals surface area contributed by atoms with Crippen molar-refractivity contribution < 1.29 is 0 Å². The molecular formula is C14H21N3S. The predicted molar refractivity (Wildman–Crippen MR) is 76.9 cm³/mol. The number of aromatic nitrogens is 2. The molecule has 2 aromatic heterocycles. The average molecular weight is 263 g/mol. The molecule has 0 saturated carbocycles. The Balaban J connectivity index is 2.37. The predicted octanol–water partition coefficient (Wildman–Crippen LogP) is 3.22. The van der Waals surface area contributed by atoms with Gasteiger partial charge in [0.1, 0.15) is 5.82 Å². The van der Waals surface area contributed by atoms with Gasteiger partial charge in [-0.2, -0.15) is 0 Å². The zero-order chi connectivity index (χ0) is 13.0. The van der Waals surface area contributed by atoms with Crippen molar-refractivity contribution in [1.29, 1.82) is 0 Å². The van der Waals surface area contributed by atoms with Gasteiger partial charge in [0.15, 0.2) is 0 Å². The third-order valence-electron chi connectivity index (χ3n) is 3.23. The molecule has 0 aliphatic heterocycles. The number of nitrogens with zero attached hydrogens (tertiary/aromatic N) is 2. The molecule has 0 radical (unpaired) electrons. The van der Waals surface area contributed by atoms with Crippen LogP contribution < -0.4 is 5.73 Å². The van der Waals surface area contributed by atoms with Gasteiger partial charge < -0.3 is 10.3 Å². The Morgan fingerprint density at radius 2 is 2.28 bits per heavy atom. The van der Waals surface area contributed by atoms with Crippen LogP contribution in [0.1, 0.15) is 43.4 Å². The lowest BCUT2D eigenvalue weighted by Crippen LogP contribution is -2.32. The van der Waals surface area contributed by atoms with Crippen LogP contribution in [0.15, 0.2) is 29.9 Å². The number of imidazole rings is 1. The van der Waals surface area contributed by atoms with E-state index in [9.17, 15) is 0 Å². The molecule has 0 saturated heterocycles. The lowest BCUT2D eigenvalue weighted by atomic mass is 10.0. The Labute approximate surface area is 113 Å². The summed E-state index contributed by atoms with van der Waals surface area (Å²) >= 11 is 1.77. The van der Waals surface area contributed by atoms with Gasteiger partial charge in [-0.3, -0.25) is 0 Å². The summed E-state index contributed by atoms with van der Waals surface area (Å²) in [6.45, 7) is 4.32. The molecule has 2 aromatic rings. The molecule has 0 spiro atoms. The van der Waals surface area contributed by atoms with E-state index in [1.54, 1.807) is 11.3 Å². The third-order valence-corrected chi connectivity index (χ3v) is 4.18. The minimum Gasteiger partial charge on any atom is -0.326 e. The van der Waals surface area contributed by atoms with E-state index in [-0.39, 0.29) is 12.1 Å². The second-order valence-electron chi connectivity index (χ2n) is 4.53. The van der Waals surface area contributed by atoms with Gasteiger partial charge in [0.05, 0.1) is 6.04 Å². The van der Waals surface area contributed by atoms with Crippen molar-refractivity contribution in [3.63, 3.8) is 0 Å². The van der Waals surface area contributed by atoms with Gasteiger partial charge in [-0.25, -0.2) is 4.98 Å². The number of hydrogen-bond donors (Lipinski definition) is 1. The highest BCUT2D eigenvalue weighted by atomic mass is 32.1. The molecule has 2 unspecified atom stereocenters. The zero-order valence-electron chi connectivity index (χ0n) is 11.0. The first-order valence-electron chi connectivity index (χ1n) is 6.58. The highest BCUT2D eigenvalue weighted by Crippen LogP contribution is 2.28. The first-order chi connectivity index (χ1) is 8.77. The normalized spacial score (nSPS) is 14.6. The fourth-order valence-corrected chi connectivity index (χ4v) is 3.15. The largest absolute Gasteiger partial charge is 0.326 e. The summed E-state index contributed by atoms with van der Waals surface area (Å²) in [5, 5.41) is 2.11. The highest BCUT2D eigenvalue weighted by molar-refractivity contribution is 7.10. The summed E-state index contributed by atoms with van der Waals surface area (Å²) in [5.74, 6) is 1.14. The second kappa shape index (κ2) is 6.16. The minimum absolute atomic E-state index is 0.133. The number of aryl methyl sites for hydroxylation is 1. The van der Waals surface area contributed by atoms with E-state index >= 15 is 0 Å². The van der Waals surface area contributed by atoms with E-state index in [2.05, 4.69) is 47.1 Å². The molecule has 0 aromatic carbocycles. The molecule has 2 atom stereocenters. The number of thiophene rings is 1. The Bertz CT molecular complexity index is 461. The van der Waals surface area contributed by atoms with Gasteiger partial charge in [0, 0.05) is 29.7 Å². The maximum Gasteiger partial charge on any atom is 0.109 e. The van der Waals surface area contributed by atoms with Gasteiger partial charge in [0.2, 0.25) is 0 Å². The molecule has 4 heteroatoms. The van der Waals surface area contributed by atoms with Gasteiger partial charge >= 0.3 is 0 Å². The van der Waals surface area contributed by atoms with Crippen LogP contribution >= 0.6 is 11.3 Å². The van der Waals surface area contributed by atoms with Crippen molar-refractivity contribution in [3.8, 4) is 0 Å². The molecule has 2 rings (SSSR count). The van der Waals surface area contributed by atoms with Crippen LogP contribution in [0, 0.1) is 0 Å². The van der Waals surface area contributed by atoms with Crippen molar-refractivity contribution in [2.24, 2.45) is 5.73 Å². The maximum atomic E-state index is 6.32. The van der Waals surface area contributed by atoms with Crippen molar-refractivity contribution in [3.05, 3.63) is 40.6 Å². The van der Waals surface area contributed by atoms with E-state index in [1.807, 2.05) is 6.20 Å².